The first kappa shape index (κ1) is 73.5. The minimum atomic E-state index is -0.831. The Morgan fingerprint density at radius 1 is 0.266 bits per heavy atom. The van der Waals surface area contributed by atoms with Gasteiger partial charge in [0.05, 0.1) is 0 Å². The van der Waals surface area contributed by atoms with Crippen molar-refractivity contribution < 1.29 is 28.6 Å². The third kappa shape index (κ3) is 63.2. The van der Waals surface area contributed by atoms with Crippen LogP contribution in [-0.4, -0.2) is 37.2 Å². The molecular weight excluding hydrogens is 973 g/mol. The van der Waals surface area contributed by atoms with Gasteiger partial charge in [0.1, 0.15) is 13.2 Å². The van der Waals surface area contributed by atoms with Crippen molar-refractivity contribution in [1.29, 1.82) is 0 Å². The Morgan fingerprint density at radius 2 is 0.494 bits per heavy atom. The minimum Gasteiger partial charge on any atom is -0.462 e. The number of carbonyl (C=O) groups is 3. The zero-order valence-corrected chi connectivity index (χ0v) is 50.3. The third-order valence-electron chi connectivity index (χ3n) is 12.4. The van der Waals surface area contributed by atoms with Gasteiger partial charge < -0.3 is 14.2 Å². The average molecular weight is 1090 g/mol. The molecule has 0 spiro atoms. The Kier molecular flexibility index (Phi) is 60.5. The number of unbranched alkanes of at least 4 members (excludes halogenated alkanes) is 13. The van der Waals surface area contributed by atoms with Crippen molar-refractivity contribution in [2.24, 2.45) is 0 Å². The number of esters is 3. The van der Waals surface area contributed by atoms with E-state index in [0.717, 1.165) is 148 Å². The van der Waals surface area contributed by atoms with Gasteiger partial charge in [-0.3, -0.25) is 14.4 Å². The van der Waals surface area contributed by atoms with Crippen molar-refractivity contribution in [1.82, 2.24) is 0 Å². The predicted molar refractivity (Wildman–Crippen MR) is 343 cm³/mol. The maximum absolute atomic E-state index is 12.8. The highest BCUT2D eigenvalue weighted by Gasteiger charge is 2.19. The molecule has 0 N–H and O–H groups in total. The van der Waals surface area contributed by atoms with Crippen LogP contribution < -0.4 is 0 Å². The molecular formula is C73H112O6. The second-order valence-corrected chi connectivity index (χ2v) is 19.8. The van der Waals surface area contributed by atoms with E-state index in [4.69, 9.17) is 14.2 Å². The lowest BCUT2D eigenvalue weighted by Gasteiger charge is -2.18. The van der Waals surface area contributed by atoms with Gasteiger partial charge in [0.2, 0.25) is 0 Å². The summed E-state index contributed by atoms with van der Waals surface area (Å²) in [4.78, 5) is 38.2. The van der Waals surface area contributed by atoms with E-state index in [1.54, 1.807) is 0 Å². The first-order valence-electron chi connectivity index (χ1n) is 31.3. The van der Waals surface area contributed by atoms with Gasteiger partial charge >= 0.3 is 17.9 Å². The standard InChI is InChI=1S/C73H112O6/c1-4-7-10-13-16-19-22-25-27-28-29-30-31-32-33-34-35-36-37-38-39-40-41-42-43-44-46-48-51-54-57-60-63-66-72(75)78-69-70(68-77-71(74)65-62-59-56-53-50-47-24-21-18-15-12-9-6-3)79-73(76)67-64-61-58-55-52-49-45-26-23-20-17-14-11-8-5-2/h7-8,10-11,16-17,19-21,24-27,29-30,32-33,35-36,38-39,41-42,44-46,51-52,54-55,70H,4-6,9,12-15,18,22-23,28,31,34,37,40,43,47-50,53,56-69H2,1-3H3/b10-7-,11-8-,19-16-,20-17-,24-21-,27-25-,30-29-,33-32-,36-35-,39-38-,42-41-,45-26-,46-44-,54-51-,55-52-. The van der Waals surface area contributed by atoms with Crippen LogP contribution in [0.5, 0.6) is 0 Å². The monoisotopic (exact) mass is 1080 g/mol. The zero-order valence-electron chi connectivity index (χ0n) is 50.3. The Morgan fingerprint density at radius 3 is 0.810 bits per heavy atom. The summed E-state index contributed by atoms with van der Waals surface area (Å²) in [6.45, 7) is 6.30. The van der Waals surface area contributed by atoms with Crippen LogP contribution in [0.4, 0.5) is 0 Å². The molecule has 1 atom stereocenters. The first-order valence-corrected chi connectivity index (χ1v) is 31.3. The van der Waals surface area contributed by atoms with Crippen LogP contribution in [0, 0.1) is 0 Å². The van der Waals surface area contributed by atoms with Gasteiger partial charge in [0.25, 0.3) is 0 Å². The maximum atomic E-state index is 12.8. The fourth-order valence-corrected chi connectivity index (χ4v) is 7.75. The number of ether oxygens (including phenoxy) is 3. The maximum Gasteiger partial charge on any atom is 0.306 e. The SMILES string of the molecule is CC/C=C\C/C=C\C/C=C\C/C=C\C/C=C\C/C=C\C/C=C\C/C=C\C/C=C\C/C=C\CCCCC(=O)OCC(COC(=O)CCCCCCC/C=C\CCCCCC)OC(=O)CCCC/C=C\C/C=C\C/C=C\C/C=C\CC. The van der Waals surface area contributed by atoms with Crippen molar-refractivity contribution in [2.75, 3.05) is 13.2 Å². The summed E-state index contributed by atoms with van der Waals surface area (Å²) >= 11 is 0. The summed E-state index contributed by atoms with van der Waals surface area (Å²) < 4.78 is 16.8. The molecule has 0 saturated carbocycles. The van der Waals surface area contributed by atoms with E-state index < -0.39 is 6.10 Å². The second kappa shape index (κ2) is 65.0. The van der Waals surface area contributed by atoms with E-state index in [-0.39, 0.29) is 44.0 Å². The van der Waals surface area contributed by atoms with Crippen LogP contribution in [-0.2, 0) is 28.6 Å². The van der Waals surface area contributed by atoms with E-state index in [9.17, 15) is 14.4 Å². The molecule has 79 heavy (non-hydrogen) atoms. The fourth-order valence-electron chi connectivity index (χ4n) is 7.75. The second-order valence-electron chi connectivity index (χ2n) is 19.8. The van der Waals surface area contributed by atoms with Crippen molar-refractivity contribution in [3.05, 3.63) is 182 Å². The van der Waals surface area contributed by atoms with E-state index in [1.807, 2.05) is 0 Å². The van der Waals surface area contributed by atoms with Crippen LogP contribution >= 0.6 is 0 Å². The Balaban J connectivity index is 4.44. The molecule has 0 aliphatic heterocycles. The van der Waals surface area contributed by atoms with E-state index in [0.29, 0.717) is 19.3 Å². The molecule has 0 aromatic heterocycles. The molecule has 0 aliphatic rings. The topological polar surface area (TPSA) is 78.9 Å². The molecule has 0 aromatic rings. The van der Waals surface area contributed by atoms with Gasteiger partial charge in [-0.25, -0.2) is 0 Å². The zero-order chi connectivity index (χ0) is 57.1. The van der Waals surface area contributed by atoms with Crippen molar-refractivity contribution in [2.45, 2.75) is 245 Å². The summed E-state index contributed by atoms with van der Waals surface area (Å²) in [6, 6.07) is 0. The molecule has 0 rings (SSSR count). The Labute approximate surface area is 484 Å². The number of rotatable bonds is 54. The van der Waals surface area contributed by atoms with E-state index >= 15 is 0 Å². The van der Waals surface area contributed by atoms with Gasteiger partial charge in [-0.1, -0.05) is 242 Å². The smallest absolute Gasteiger partial charge is 0.306 e. The number of hydrogen-bond acceptors (Lipinski definition) is 6. The summed E-state index contributed by atoms with van der Waals surface area (Å²) in [7, 11) is 0. The van der Waals surface area contributed by atoms with E-state index in [1.165, 1.54) is 38.5 Å². The summed E-state index contributed by atoms with van der Waals surface area (Å²) in [5.41, 5.74) is 0. The normalized spacial score (nSPS) is 13.4. The van der Waals surface area contributed by atoms with Crippen LogP contribution in [0.25, 0.3) is 0 Å². The highest BCUT2D eigenvalue weighted by atomic mass is 16.6. The highest BCUT2D eigenvalue weighted by Crippen LogP contribution is 2.12. The largest absolute Gasteiger partial charge is 0.462 e. The van der Waals surface area contributed by atoms with Crippen molar-refractivity contribution >= 4 is 17.9 Å². The molecule has 0 aliphatic carbocycles. The molecule has 0 radical (unpaired) electrons. The molecule has 0 fully saturated rings. The first-order chi connectivity index (χ1) is 39.0. The Bertz CT molecular complexity index is 1870. The van der Waals surface area contributed by atoms with Crippen molar-refractivity contribution in [3.63, 3.8) is 0 Å². The van der Waals surface area contributed by atoms with Gasteiger partial charge in [-0.2, -0.15) is 0 Å². The Hall–Kier alpha value is -5.49. The number of carbonyl (C=O) groups excluding carboxylic acids is 3. The number of hydrogen-bond donors (Lipinski definition) is 0. The van der Waals surface area contributed by atoms with Crippen molar-refractivity contribution in [3.8, 4) is 0 Å². The van der Waals surface area contributed by atoms with Gasteiger partial charge in [-0.15, -0.1) is 0 Å². The van der Waals surface area contributed by atoms with Crippen LogP contribution in [0.3, 0.4) is 0 Å². The molecule has 0 heterocycles. The molecule has 0 saturated heterocycles. The molecule has 6 heteroatoms. The van der Waals surface area contributed by atoms with Gasteiger partial charge in [0.15, 0.2) is 6.10 Å². The molecule has 0 amide bonds. The van der Waals surface area contributed by atoms with Gasteiger partial charge in [0, 0.05) is 19.3 Å². The molecule has 6 nitrogen and oxygen atoms in total. The fraction of sp³-hybridized carbons (Fsp3) is 0.548. The lowest BCUT2D eigenvalue weighted by atomic mass is 10.1. The summed E-state index contributed by atoms with van der Waals surface area (Å²) in [5, 5.41) is 0. The third-order valence-corrected chi connectivity index (χ3v) is 12.4. The van der Waals surface area contributed by atoms with Crippen LogP contribution in [0.2, 0.25) is 0 Å². The van der Waals surface area contributed by atoms with Crippen LogP contribution in [0.15, 0.2) is 182 Å². The van der Waals surface area contributed by atoms with Gasteiger partial charge in [-0.05, 0) is 161 Å². The summed E-state index contributed by atoms with van der Waals surface area (Å²) in [5.74, 6) is -1.03. The molecule has 0 bridgehead atoms. The molecule has 1 unspecified atom stereocenters. The highest BCUT2D eigenvalue weighted by molar-refractivity contribution is 5.71. The predicted octanol–water partition coefficient (Wildman–Crippen LogP) is 21.7. The molecule has 440 valence electrons. The lowest BCUT2D eigenvalue weighted by molar-refractivity contribution is -0.167. The lowest BCUT2D eigenvalue weighted by Crippen LogP contribution is -2.30. The van der Waals surface area contributed by atoms with E-state index in [2.05, 4.69) is 203 Å². The molecule has 0 aromatic carbocycles. The number of allylic oxidation sites excluding steroid dienone is 30. The average Bonchev–Trinajstić information content (AvgIpc) is 3.45. The van der Waals surface area contributed by atoms with Crippen LogP contribution in [0.1, 0.15) is 239 Å². The summed E-state index contributed by atoms with van der Waals surface area (Å²) in [6.07, 6.45) is 97.6. The minimum absolute atomic E-state index is 0.121. The quantitative estimate of drug-likeness (QED) is 0.0261.